The molecule has 4 rings (SSSR count). The first-order valence-electron chi connectivity index (χ1n) is 9.89. The van der Waals surface area contributed by atoms with Gasteiger partial charge in [-0.3, -0.25) is 0 Å². The van der Waals surface area contributed by atoms with Crippen molar-refractivity contribution in [3.63, 3.8) is 0 Å². The molecule has 1 aromatic heterocycles. The topological polar surface area (TPSA) is 59.5 Å². The molecule has 1 saturated heterocycles. The van der Waals surface area contributed by atoms with Crippen LogP contribution in [0.2, 0.25) is 5.02 Å². The smallest absolute Gasteiger partial charge is 0.163 e. The summed E-state index contributed by atoms with van der Waals surface area (Å²) in [5, 5.41) is 4.05. The molecule has 1 N–H and O–H groups in total. The predicted molar refractivity (Wildman–Crippen MR) is 116 cm³/mol. The van der Waals surface area contributed by atoms with Gasteiger partial charge in [0.25, 0.3) is 0 Å². The number of aromatic nitrogens is 2. The number of fused-ring (bicyclic) bond motifs is 1. The van der Waals surface area contributed by atoms with E-state index in [9.17, 15) is 4.39 Å². The number of piperidine rings is 1. The quantitative estimate of drug-likeness (QED) is 0.600. The van der Waals surface area contributed by atoms with Crippen LogP contribution in [0, 0.1) is 11.7 Å². The van der Waals surface area contributed by atoms with E-state index in [0.29, 0.717) is 45.8 Å². The Bertz CT molecular complexity index is 1050. The van der Waals surface area contributed by atoms with Crippen molar-refractivity contribution in [1.29, 1.82) is 0 Å². The van der Waals surface area contributed by atoms with Gasteiger partial charge in [0.1, 0.15) is 18.0 Å². The lowest BCUT2D eigenvalue weighted by molar-refractivity contribution is 0.148. The van der Waals surface area contributed by atoms with Crippen molar-refractivity contribution in [3.8, 4) is 11.5 Å². The first-order valence-corrected chi connectivity index (χ1v) is 10.3. The number of benzene rings is 2. The van der Waals surface area contributed by atoms with Crippen molar-refractivity contribution in [2.24, 2.45) is 5.92 Å². The van der Waals surface area contributed by atoms with Crippen LogP contribution in [-0.2, 0) is 0 Å². The van der Waals surface area contributed by atoms with Crippen molar-refractivity contribution in [1.82, 2.24) is 14.9 Å². The van der Waals surface area contributed by atoms with E-state index in [-0.39, 0.29) is 5.69 Å². The molecule has 0 radical (unpaired) electrons. The second-order valence-corrected chi connectivity index (χ2v) is 8.01. The highest BCUT2D eigenvalue weighted by Crippen LogP contribution is 2.35. The second kappa shape index (κ2) is 9.02. The normalized spacial score (nSPS) is 17.1. The van der Waals surface area contributed by atoms with Gasteiger partial charge in [0.05, 0.1) is 24.9 Å². The van der Waals surface area contributed by atoms with Crippen LogP contribution in [0.3, 0.4) is 0 Å². The number of nitrogens with zero attached hydrogens (tertiary/aromatic N) is 3. The summed E-state index contributed by atoms with van der Waals surface area (Å²) < 4.78 is 25.9. The first-order chi connectivity index (χ1) is 14.5. The van der Waals surface area contributed by atoms with Crippen molar-refractivity contribution in [2.45, 2.75) is 12.8 Å². The summed E-state index contributed by atoms with van der Waals surface area (Å²) in [7, 11) is 3.73. The molecule has 6 nitrogen and oxygen atoms in total. The summed E-state index contributed by atoms with van der Waals surface area (Å²) in [5.74, 6) is 1.72. The van der Waals surface area contributed by atoms with Gasteiger partial charge in [0, 0.05) is 28.9 Å². The van der Waals surface area contributed by atoms with Crippen LogP contribution in [0.1, 0.15) is 12.8 Å². The summed E-state index contributed by atoms with van der Waals surface area (Å²) in [6, 6.07) is 8.09. The molecule has 0 amide bonds. The van der Waals surface area contributed by atoms with Gasteiger partial charge < -0.3 is 19.7 Å². The Balaban J connectivity index is 1.60. The molecule has 1 atom stereocenters. The lowest BCUT2D eigenvalue weighted by Gasteiger charge is -2.29. The number of hydrogen-bond donors (Lipinski definition) is 1. The third kappa shape index (κ3) is 4.57. The van der Waals surface area contributed by atoms with Crippen LogP contribution in [0.5, 0.6) is 11.5 Å². The molecule has 1 aliphatic heterocycles. The standard InChI is InChI=1S/C22H24ClFN4O2/c1-28-7-3-4-14(11-28)12-30-21-10-19-16(9-20(21)29-2)22(26-13-25-19)27-18-6-5-15(23)8-17(18)24/h5-6,8-10,13-14H,3-4,7,11-12H2,1-2H3,(H,25,26,27)/t14-/m0/s1. The highest BCUT2D eigenvalue weighted by atomic mass is 35.5. The minimum atomic E-state index is -0.460. The second-order valence-electron chi connectivity index (χ2n) is 7.57. The zero-order valence-corrected chi connectivity index (χ0v) is 17.7. The minimum absolute atomic E-state index is 0.278. The van der Waals surface area contributed by atoms with E-state index in [4.69, 9.17) is 21.1 Å². The fourth-order valence-electron chi connectivity index (χ4n) is 3.77. The summed E-state index contributed by atoms with van der Waals surface area (Å²) in [4.78, 5) is 11.0. The number of rotatable bonds is 6. The van der Waals surface area contributed by atoms with Crippen LogP contribution >= 0.6 is 11.6 Å². The molecule has 2 heterocycles. The Morgan fingerprint density at radius 3 is 2.87 bits per heavy atom. The number of nitrogens with one attached hydrogen (secondary N) is 1. The number of methoxy groups -OCH3 is 1. The fraction of sp³-hybridized carbons (Fsp3) is 0.364. The fourth-order valence-corrected chi connectivity index (χ4v) is 3.93. The monoisotopic (exact) mass is 430 g/mol. The third-order valence-electron chi connectivity index (χ3n) is 5.30. The van der Waals surface area contributed by atoms with Crippen LogP contribution in [0.4, 0.5) is 15.9 Å². The van der Waals surface area contributed by atoms with Gasteiger partial charge in [0.15, 0.2) is 11.5 Å². The molecule has 3 aromatic rings. The van der Waals surface area contributed by atoms with E-state index in [0.717, 1.165) is 19.5 Å². The minimum Gasteiger partial charge on any atom is -0.493 e. The van der Waals surface area contributed by atoms with Crippen LogP contribution in [0.15, 0.2) is 36.7 Å². The SMILES string of the molecule is COc1cc2c(Nc3ccc(Cl)cc3F)ncnc2cc1OC[C@H]1CCCN(C)C1. The molecule has 0 bridgehead atoms. The summed E-state index contributed by atoms with van der Waals surface area (Å²) >= 11 is 5.84. The van der Waals surface area contributed by atoms with Crippen molar-refractivity contribution in [3.05, 3.63) is 47.5 Å². The summed E-state index contributed by atoms with van der Waals surface area (Å²) in [6.45, 7) is 2.79. The maximum atomic E-state index is 14.2. The maximum absolute atomic E-state index is 14.2. The van der Waals surface area contributed by atoms with Crippen molar-refractivity contribution >= 4 is 34.0 Å². The van der Waals surface area contributed by atoms with Crippen LogP contribution in [0.25, 0.3) is 10.9 Å². The highest BCUT2D eigenvalue weighted by molar-refractivity contribution is 6.30. The number of anilines is 2. The first kappa shape index (κ1) is 20.6. The highest BCUT2D eigenvalue weighted by Gasteiger charge is 2.19. The van der Waals surface area contributed by atoms with E-state index in [1.54, 1.807) is 19.2 Å². The molecular weight excluding hydrogens is 407 g/mol. The van der Waals surface area contributed by atoms with Crippen molar-refractivity contribution < 1.29 is 13.9 Å². The zero-order valence-electron chi connectivity index (χ0n) is 17.0. The molecular formula is C22H24ClFN4O2. The van der Waals surface area contributed by atoms with Gasteiger partial charge in [-0.1, -0.05) is 11.6 Å². The Kier molecular flexibility index (Phi) is 6.20. The zero-order chi connectivity index (χ0) is 21.1. The number of halogens is 2. The van der Waals surface area contributed by atoms with E-state index < -0.39 is 5.82 Å². The average molecular weight is 431 g/mol. The molecule has 0 unspecified atom stereocenters. The number of hydrogen-bond acceptors (Lipinski definition) is 6. The molecule has 1 aliphatic rings. The average Bonchev–Trinajstić information content (AvgIpc) is 2.74. The van der Waals surface area contributed by atoms with E-state index >= 15 is 0 Å². The molecule has 0 spiro atoms. The van der Waals surface area contributed by atoms with Crippen LogP contribution < -0.4 is 14.8 Å². The van der Waals surface area contributed by atoms with Gasteiger partial charge in [-0.2, -0.15) is 0 Å². The third-order valence-corrected chi connectivity index (χ3v) is 5.54. The molecule has 0 aliphatic carbocycles. The van der Waals surface area contributed by atoms with Crippen molar-refractivity contribution in [2.75, 3.05) is 39.2 Å². The summed E-state index contributed by atoms with van der Waals surface area (Å²) in [6.07, 6.45) is 3.77. The lowest BCUT2D eigenvalue weighted by Crippen LogP contribution is -2.34. The van der Waals surface area contributed by atoms with E-state index in [1.807, 2.05) is 12.1 Å². The largest absolute Gasteiger partial charge is 0.493 e. The molecule has 1 fully saturated rings. The number of ether oxygens (including phenoxy) is 2. The van der Waals surface area contributed by atoms with Gasteiger partial charge in [0.2, 0.25) is 0 Å². The number of likely N-dealkylation sites (tertiary alicyclic amines) is 1. The van der Waals surface area contributed by atoms with E-state index in [1.165, 1.54) is 18.8 Å². The Labute approximate surface area is 180 Å². The molecule has 158 valence electrons. The van der Waals surface area contributed by atoms with Gasteiger partial charge in [-0.25, -0.2) is 14.4 Å². The Morgan fingerprint density at radius 1 is 1.23 bits per heavy atom. The molecule has 2 aromatic carbocycles. The molecule has 30 heavy (non-hydrogen) atoms. The van der Waals surface area contributed by atoms with Gasteiger partial charge in [-0.05, 0) is 50.7 Å². The Hall–Kier alpha value is -2.64. The lowest BCUT2D eigenvalue weighted by atomic mass is 9.99. The maximum Gasteiger partial charge on any atom is 0.163 e. The summed E-state index contributed by atoms with van der Waals surface area (Å²) in [5.41, 5.74) is 0.957. The van der Waals surface area contributed by atoms with E-state index in [2.05, 4.69) is 27.2 Å². The predicted octanol–water partition coefficient (Wildman–Crippen LogP) is 4.90. The Morgan fingerprint density at radius 2 is 2.10 bits per heavy atom. The molecule has 8 heteroatoms. The molecule has 0 saturated carbocycles. The van der Waals surface area contributed by atoms with Crippen LogP contribution in [-0.4, -0.2) is 48.7 Å². The van der Waals surface area contributed by atoms with Gasteiger partial charge >= 0.3 is 0 Å². The van der Waals surface area contributed by atoms with Gasteiger partial charge in [-0.15, -0.1) is 0 Å².